The molecule has 32 heavy (non-hydrogen) atoms. The van der Waals surface area contributed by atoms with Crippen molar-refractivity contribution in [2.45, 2.75) is 39.8 Å². The minimum Gasteiger partial charge on any atom is -0.307 e. The number of rotatable bonds is 3. The Bertz CT molecular complexity index is 1420. The van der Waals surface area contributed by atoms with Crippen molar-refractivity contribution in [3.63, 3.8) is 0 Å². The molecule has 5 nitrogen and oxygen atoms in total. The number of aromatic nitrogens is 2. The molecule has 0 bridgehead atoms. The number of hydrogen-bond acceptors (Lipinski definition) is 3. The third-order valence-corrected chi connectivity index (χ3v) is 6.28. The highest BCUT2D eigenvalue weighted by atomic mass is 16.2. The molecule has 1 aliphatic heterocycles. The maximum absolute atomic E-state index is 13.4. The number of nitrogens with zero attached hydrogens (tertiary/aromatic N) is 3. The van der Waals surface area contributed by atoms with Crippen LogP contribution in [0.5, 0.6) is 0 Å². The predicted octanol–water partition coefficient (Wildman–Crippen LogP) is 4.66. The van der Waals surface area contributed by atoms with Crippen LogP contribution in [0.2, 0.25) is 0 Å². The van der Waals surface area contributed by atoms with Gasteiger partial charge in [-0.15, -0.1) is 0 Å². The fourth-order valence-electron chi connectivity index (χ4n) is 4.68. The summed E-state index contributed by atoms with van der Waals surface area (Å²) in [5, 5.41) is 6.09. The zero-order valence-corrected chi connectivity index (χ0v) is 18.5. The lowest BCUT2D eigenvalue weighted by molar-refractivity contribution is -0.119. The van der Waals surface area contributed by atoms with Gasteiger partial charge in [-0.05, 0) is 56.5 Å². The van der Waals surface area contributed by atoms with Crippen LogP contribution in [0, 0.1) is 13.8 Å². The Morgan fingerprint density at radius 2 is 1.72 bits per heavy atom. The van der Waals surface area contributed by atoms with Crippen LogP contribution in [0.1, 0.15) is 23.6 Å². The molecule has 0 aliphatic carbocycles. The highest BCUT2D eigenvalue weighted by Gasteiger charge is 2.31. The van der Waals surface area contributed by atoms with E-state index in [1.54, 1.807) is 4.90 Å². The monoisotopic (exact) mass is 423 g/mol. The molecule has 0 saturated heterocycles. The average Bonchev–Trinajstić information content (AvgIpc) is 3.13. The van der Waals surface area contributed by atoms with Crippen LogP contribution < -0.4 is 10.5 Å². The number of carbonyl (C=O) groups is 1. The Morgan fingerprint density at radius 1 is 1.00 bits per heavy atom. The van der Waals surface area contributed by atoms with Crippen molar-refractivity contribution in [1.29, 1.82) is 0 Å². The third-order valence-electron chi connectivity index (χ3n) is 6.28. The molecular formula is C27H25N3O2. The van der Waals surface area contributed by atoms with Crippen LogP contribution in [0.25, 0.3) is 22.0 Å². The van der Waals surface area contributed by atoms with Gasteiger partial charge in [-0.2, -0.15) is 5.10 Å². The van der Waals surface area contributed by atoms with E-state index in [9.17, 15) is 9.59 Å². The van der Waals surface area contributed by atoms with Gasteiger partial charge in [0, 0.05) is 22.7 Å². The highest BCUT2D eigenvalue weighted by Crippen LogP contribution is 2.32. The number of benzene rings is 3. The molecule has 0 N–H and O–H groups in total. The van der Waals surface area contributed by atoms with Crippen molar-refractivity contribution in [2.75, 3.05) is 4.90 Å². The van der Waals surface area contributed by atoms with E-state index in [0.29, 0.717) is 5.39 Å². The highest BCUT2D eigenvalue weighted by molar-refractivity contribution is 5.97. The molecule has 0 spiro atoms. The molecule has 0 radical (unpaired) electrons. The van der Waals surface area contributed by atoms with Crippen molar-refractivity contribution in [1.82, 2.24) is 9.78 Å². The van der Waals surface area contributed by atoms with E-state index in [2.05, 4.69) is 24.3 Å². The van der Waals surface area contributed by atoms with Gasteiger partial charge in [0.15, 0.2) is 0 Å². The molecule has 160 valence electrons. The quantitative estimate of drug-likeness (QED) is 0.482. The number of hydrogen-bond donors (Lipinski definition) is 0. The van der Waals surface area contributed by atoms with Gasteiger partial charge in [-0.1, -0.05) is 54.1 Å². The molecule has 2 heterocycles. The SMILES string of the molecule is Cc1ccc(C)c(-c2nn(CC(=O)N3c4ccccc4C[C@H]3C)c(=O)c3ccccc23)c1. The molecule has 0 fully saturated rings. The molecule has 3 aromatic carbocycles. The molecule has 1 amide bonds. The molecule has 0 saturated carbocycles. The average molecular weight is 424 g/mol. The van der Waals surface area contributed by atoms with Gasteiger partial charge < -0.3 is 4.90 Å². The number of amides is 1. The minimum atomic E-state index is -0.247. The van der Waals surface area contributed by atoms with E-state index in [1.807, 2.05) is 63.2 Å². The van der Waals surface area contributed by atoms with E-state index in [0.717, 1.165) is 45.4 Å². The van der Waals surface area contributed by atoms with Crippen LogP contribution in [0.4, 0.5) is 5.69 Å². The molecule has 1 atom stereocenters. The second-order valence-electron chi connectivity index (χ2n) is 8.62. The van der Waals surface area contributed by atoms with Crippen molar-refractivity contribution in [3.05, 3.63) is 93.8 Å². The lowest BCUT2D eigenvalue weighted by Crippen LogP contribution is -2.40. The maximum atomic E-state index is 13.4. The zero-order chi connectivity index (χ0) is 22.4. The second kappa shape index (κ2) is 7.75. The van der Waals surface area contributed by atoms with Crippen molar-refractivity contribution < 1.29 is 4.79 Å². The van der Waals surface area contributed by atoms with Crippen LogP contribution >= 0.6 is 0 Å². The van der Waals surface area contributed by atoms with E-state index < -0.39 is 0 Å². The summed E-state index contributed by atoms with van der Waals surface area (Å²) in [5.74, 6) is -0.126. The normalized spacial score (nSPS) is 15.2. The van der Waals surface area contributed by atoms with E-state index >= 15 is 0 Å². The summed E-state index contributed by atoms with van der Waals surface area (Å²) in [6, 6.07) is 21.7. The molecule has 5 rings (SSSR count). The number of carbonyl (C=O) groups excluding carboxylic acids is 1. The minimum absolute atomic E-state index is 0.0505. The van der Waals surface area contributed by atoms with Crippen LogP contribution in [-0.4, -0.2) is 21.7 Å². The number of anilines is 1. The van der Waals surface area contributed by atoms with Crippen LogP contribution in [-0.2, 0) is 17.8 Å². The smallest absolute Gasteiger partial charge is 0.275 e. The Balaban J connectivity index is 1.63. The van der Waals surface area contributed by atoms with Crippen molar-refractivity contribution in [3.8, 4) is 11.3 Å². The number of fused-ring (bicyclic) bond motifs is 2. The summed E-state index contributed by atoms with van der Waals surface area (Å²) in [7, 11) is 0. The van der Waals surface area contributed by atoms with Crippen molar-refractivity contribution >= 4 is 22.4 Å². The van der Waals surface area contributed by atoms with Gasteiger partial charge in [0.25, 0.3) is 5.56 Å². The second-order valence-corrected chi connectivity index (χ2v) is 8.62. The summed E-state index contributed by atoms with van der Waals surface area (Å²) in [4.78, 5) is 28.4. The summed E-state index contributed by atoms with van der Waals surface area (Å²) < 4.78 is 1.33. The number of para-hydroxylation sites is 1. The van der Waals surface area contributed by atoms with Crippen molar-refractivity contribution in [2.24, 2.45) is 0 Å². The Labute approximate surface area is 186 Å². The molecule has 1 aliphatic rings. The predicted molar refractivity (Wildman–Crippen MR) is 128 cm³/mol. The Morgan fingerprint density at radius 3 is 2.53 bits per heavy atom. The molecular weight excluding hydrogens is 398 g/mol. The Kier molecular flexibility index (Phi) is 4.89. The molecule has 4 aromatic rings. The van der Waals surface area contributed by atoms with E-state index in [1.165, 1.54) is 4.68 Å². The summed E-state index contributed by atoms with van der Waals surface area (Å²) in [6.45, 7) is 6.02. The molecule has 5 heteroatoms. The maximum Gasteiger partial charge on any atom is 0.275 e. The summed E-state index contributed by atoms with van der Waals surface area (Å²) in [5.41, 5.74) is 5.73. The standard InChI is InChI=1S/C27H25N3O2/c1-17-12-13-18(2)23(14-17)26-21-9-5-6-10-22(21)27(32)29(28-26)16-25(31)30-19(3)15-20-8-4-7-11-24(20)30/h4-14,19H,15-16H2,1-3H3/t19-/m1/s1. The first-order valence-corrected chi connectivity index (χ1v) is 10.9. The lowest BCUT2D eigenvalue weighted by Gasteiger charge is -2.23. The van der Waals surface area contributed by atoms with Gasteiger partial charge in [0.05, 0.1) is 11.1 Å². The van der Waals surface area contributed by atoms with E-state index in [4.69, 9.17) is 5.10 Å². The fraction of sp³-hybridized carbons (Fsp3) is 0.222. The third kappa shape index (κ3) is 3.30. The van der Waals surface area contributed by atoms with Crippen LogP contribution in [0.15, 0.2) is 71.5 Å². The Hall–Kier alpha value is -3.73. The fourth-order valence-corrected chi connectivity index (χ4v) is 4.68. The first-order valence-electron chi connectivity index (χ1n) is 10.9. The number of aryl methyl sites for hydroxylation is 2. The van der Waals surface area contributed by atoms with Gasteiger partial charge in [-0.3, -0.25) is 9.59 Å². The van der Waals surface area contributed by atoms with Gasteiger partial charge in [-0.25, -0.2) is 4.68 Å². The summed E-state index contributed by atoms with van der Waals surface area (Å²) >= 11 is 0. The largest absolute Gasteiger partial charge is 0.307 e. The zero-order valence-electron chi connectivity index (χ0n) is 18.5. The molecule has 1 aromatic heterocycles. The van der Waals surface area contributed by atoms with Gasteiger partial charge >= 0.3 is 0 Å². The molecule has 0 unspecified atom stereocenters. The van der Waals surface area contributed by atoms with Gasteiger partial charge in [0.2, 0.25) is 5.91 Å². The van der Waals surface area contributed by atoms with E-state index in [-0.39, 0.29) is 24.1 Å². The van der Waals surface area contributed by atoms with Crippen LogP contribution in [0.3, 0.4) is 0 Å². The summed E-state index contributed by atoms with van der Waals surface area (Å²) in [6.07, 6.45) is 0.815. The topological polar surface area (TPSA) is 55.2 Å². The first kappa shape index (κ1) is 20.2. The lowest BCUT2D eigenvalue weighted by atomic mass is 9.99. The first-order chi connectivity index (χ1) is 15.4. The van der Waals surface area contributed by atoms with Gasteiger partial charge in [0.1, 0.15) is 6.54 Å².